The van der Waals surface area contributed by atoms with Crippen molar-refractivity contribution >= 4 is 22.8 Å². The molecule has 12 heavy (non-hydrogen) atoms. The van der Waals surface area contributed by atoms with E-state index in [2.05, 4.69) is 10.3 Å². The number of thioether (sulfide) groups is 1. The lowest BCUT2D eigenvalue weighted by molar-refractivity contribution is -0.115. The van der Waals surface area contributed by atoms with Gasteiger partial charge in [0.2, 0.25) is 5.91 Å². The molecule has 0 atom stereocenters. The molecule has 1 radical (unpaired) electrons. The van der Waals surface area contributed by atoms with Crippen LogP contribution in [0.1, 0.15) is 19.8 Å². The van der Waals surface area contributed by atoms with Gasteiger partial charge >= 0.3 is 0 Å². The number of rotatable bonds is 1. The second kappa shape index (κ2) is 2.94. The van der Waals surface area contributed by atoms with Crippen molar-refractivity contribution in [2.24, 2.45) is 10.9 Å². The standard InChI is InChI=1S/C8H9N2OS/c1-5(11)10-8-9-4-7(12-8)6-2-3-6/h4,6H,2-3H2,1H3. The molecular formula is C8H9N2OS. The Morgan fingerprint density at radius 1 is 1.75 bits per heavy atom. The van der Waals surface area contributed by atoms with Gasteiger partial charge in [0.1, 0.15) is 0 Å². The highest BCUT2D eigenvalue weighted by molar-refractivity contribution is 8.17. The quantitative estimate of drug-likeness (QED) is 0.615. The van der Waals surface area contributed by atoms with E-state index >= 15 is 0 Å². The SMILES string of the molecule is CC(=O)N=C1[N]C=C(C2CC2)S1. The highest BCUT2D eigenvalue weighted by atomic mass is 32.2. The summed E-state index contributed by atoms with van der Waals surface area (Å²) in [6, 6.07) is 0. The zero-order valence-electron chi connectivity index (χ0n) is 6.78. The Kier molecular flexibility index (Phi) is 1.92. The number of amides is 1. The van der Waals surface area contributed by atoms with Crippen LogP contribution < -0.4 is 5.32 Å². The van der Waals surface area contributed by atoms with Crippen LogP contribution in [0.25, 0.3) is 0 Å². The molecule has 0 aromatic rings. The lowest BCUT2D eigenvalue weighted by Crippen LogP contribution is -2.01. The van der Waals surface area contributed by atoms with Crippen LogP contribution in [-0.4, -0.2) is 11.1 Å². The van der Waals surface area contributed by atoms with Crippen LogP contribution in [0.2, 0.25) is 0 Å². The predicted octanol–water partition coefficient (Wildman–Crippen LogP) is 1.49. The summed E-state index contributed by atoms with van der Waals surface area (Å²) in [5, 5.41) is 4.65. The van der Waals surface area contributed by atoms with Crippen molar-refractivity contribution in [2.45, 2.75) is 19.8 Å². The van der Waals surface area contributed by atoms with E-state index in [1.807, 2.05) is 6.20 Å². The van der Waals surface area contributed by atoms with Crippen molar-refractivity contribution in [1.82, 2.24) is 5.32 Å². The Hall–Kier alpha value is -0.770. The number of aliphatic imine (C=N–C) groups is 1. The lowest BCUT2D eigenvalue weighted by Gasteiger charge is -1.92. The Bertz CT molecular complexity index is 279. The largest absolute Gasteiger partial charge is 0.273 e. The summed E-state index contributed by atoms with van der Waals surface area (Å²) in [6.45, 7) is 1.44. The number of amidine groups is 1. The fraction of sp³-hybridized carbons (Fsp3) is 0.500. The van der Waals surface area contributed by atoms with E-state index in [1.54, 1.807) is 0 Å². The van der Waals surface area contributed by atoms with Crippen LogP contribution >= 0.6 is 11.8 Å². The van der Waals surface area contributed by atoms with Crippen LogP contribution in [0, 0.1) is 5.92 Å². The zero-order valence-corrected chi connectivity index (χ0v) is 7.60. The first-order valence-corrected chi connectivity index (χ1v) is 4.75. The molecule has 1 aliphatic carbocycles. The molecule has 0 unspecified atom stereocenters. The maximum absolute atomic E-state index is 10.6. The summed E-state index contributed by atoms with van der Waals surface area (Å²) < 4.78 is 0. The molecule has 0 aromatic carbocycles. The van der Waals surface area contributed by atoms with Crippen molar-refractivity contribution < 1.29 is 4.79 Å². The van der Waals surface area contributed by atoms with Crippen molar-refractivity contribution in [3.8, 4) is 0 Å². The summed E-state index contributed by atoms with van der Waals surface area (Å²) in [5.41, 5.74) is 0. The molecule has 1 fully saturated rings. The lowest BCUT2D eigenvalue weighted by atomic mass is 10.4. The first-order valence-electron chi connectivity index (χ1n) is 3.94. The molecule has 3 nitrogen and oxygen atoms in total. The number of hydrogen-bond donors (Lipinski definition) is 0. The van der Waals surface area contributed by atoms with Gasteiger partial charge in [-0.15, -0.1) is 0 Å². The summed E-state index contributed by atoms with van der Waals surface area (Å²) >= 11 is 1.53. The number of hydrogen-bond acceptors (Lipinski definition) is 2. The molecule has 1 aliphatic heterocycles. The van der Waals surface area contributed by atoms with E-state index in [0.717, 1.165) is 0 Å². The van der Waals surface area contributed by atoms with Crippen LogP contribution in [-0.2, 0) is 4.79 Å². The monoisotopic (exact) mass is 181 g/mol. The summed E-state index contributed by atoms with van der Waals surface area (Å²) in [6.07, 6.45) is 4.37. The van der Waals surface area contributed by atoms with E-state index in [4.69, 9.17) is 0 Å². The molecule has 0 bridgehead atoms. The van der Waals surface area contributed by atoms with E-state index < -0.39 is 0 Å². The zero-order chi connectivity index (χ0) is 8.55. The Morgan fingerprint density at radius 3 is 3.08 bits per heavy atom. The smallest absolute Gasteiger partial charge is 0.245 e. The maximum atomic E-state index is 10.6. The van der Waals surface area contributed by atoms with E-state index in [-0.39, 0.29) is 5.91 Å². The van der Waals surface area contributed by atoms with Gasteiger partial charge in [-0.05, 0) is 18.8 Å². The Balaban J connectivity index is 1.97. The normalized spacial score (nSPS) is 25.4. The maximum Gasteiger partial charge on any atom is 0.245 e. The van der Waals surface area contributed by atoms with Gasteiger partial charge < -0.3 is 0 Å². The van der Waals surface area contributed by atoms with Crippen molar-refractivity contribution in [2.75, 3.05) is 0 Å². The third-order valence-corrected chi connectivity index (χ3v) is 2.80. The average molecular weight is 181 g/mol. The average Bonchev–Trinajstić information content (AvgIpc) is 2.73. The molecule has 1 heterocycles. The van der Waals surface area contributed by atoms with Gasteiger partial charge in [-0.3, -0.25) is 4.79 Å². The van der Waals surface area contributed by atoms with Gasteiger partial charge in [-0.2, -0.15) is 4.99 Å². The second-order valence-electron chi connectivity index (χ2n) is 2.95. The van der Waals surface area contributed by atoms with Crippen molar-refractivity contribution in [3.63, 3.8) is 0 Å². The highest BCUT2D eigenvalue weighted by Crippen LogP contribution is 2.44. The minimum atomic E-state index is -0.174. The minimum absolute atomic E-state index is 0.174. The van der Waals surface area contributed by atoms with Crippen LogP contribution in [0.5, 0.6) is 0 Å². The van der Waals surface area contributed by atoms with Gasteiger partial charge in [-0.1, -0.05) is 11.8 Å². The minimum Gasteiger partial charge on any atom is -0.273 e. The first kappa shape index (κ1) is 7.86. The van der Waals surface area contributed by atoms with Gasteiger partial charge in [0.25, 0.3) is 0 Å². The molecule has 0 N–H and O–H groups in total. The van der Waals surface area contributed by atoms with Crippen molar-refractivity contribution in [3.05, 3.63) is 11.1 Å². The number of carbonyl (C=O) groups is 1. The van der Waals surface area contributed by atoms with Crippen LogP contribution in [0.3, 0.4) is 0 Å². The summed E-state index contributed by atoms with van der Waals surface area (Å²) in [7, 11) is 0. The molecule has 1 saturated carbocycles. The molecular weight excluding hydrogens is 172 g/mol. The number of carbonyl (C=O) groups excluding carboxylic acids is 1. The first-order chi connectivity index (χ1) is 5.75. The van der Waals surface area contributed by atoms with Gasteiger partial charge in [0.05, 0.1) is 0 Å². The topological polar surface area (TPSA) is 43.5 Å². The number of nitrogens with zero attached hydrogens (tertiary/aromatic N) is 2. The molecule has 2 aliphatic rings. The van der Waals surface area contributed by atoms with E-state index in [9.17, 15) is 4.79 Å². The van der Waals surface area contributed by atoms with Crippen molar-refractivity contribution in [1.29, 1.82) is 0 Å². The van der Waals surface area contributed by atoms with Gasteiger partial charge in [0.15, 0.2) is 5.17 Å². The van der Waals surface area contributed by atoms with E-state index in [1.165, 1.54) is 36.4 Å². The van der Waals surface area contributed by atoms with Gasteiger partial charge in [-0.25, -0.2) is 5.32 Å². The molecule has 0 saturated heterocycles. The second-order valence-corrected chi connectivity index (χ2v) is 3.99. The highest BCUT2D eigenvalue weighted by Gasteiger charge is 2.30. The van der Waals surface area contributed by atoms with Crippen LogP contribution in [0.15, 0.2) is 16.1 Å². The van der Waals surface area contributed by atoms with Crippen LogP contribution in [0.4, 0.5) is 0 Å². The molecule has 4 heteroatoms. The van der Waals surface area contributed by atoms with E-state index in [0.29, 0.717) is 11.1 Å². The van der Waals surface area contributed by atoms with Gasteiger partial charge in [0, 0.05) is 18.0 Å². The molecule has 0 spiro atoms. The Labute approximate surface area is 75.3 Å². The fourth-order valence-corrected chi connectivity index (χ4v) is 2.02. The predicted molar refractivity (Wildman–Crippen MR) is 48.6 cm³/mol. The molecule has 1 amide bonds. The fourth-order valence-electron chi connectivity index (χ4n) is 1.02. The number of allylic oxidation sites excluding steroid dienone is 1. The molecule has 0 aromatic heterocycles. The third kappa shape index (κ3) is 1.69. The summed E-state index contributed by atoms with van der Waals surface area (Å²) in [5.74, 6) is 0.533. The Morgan fingerprint density at radius 2 is 2.50 bits per heavy atom. The third-order valence-electron chi connectivity index (χ3n) is 1.74. The summed E-state index contributed by atoms with van der Waals surface area (Å²) in [4.78, 5) is 15.6. The molecule has 2 rings (SSSR count). The molecule has 63 valence electrons.